The molecule has 5 heteroatoms. The lowest BCUT2D eigenvalue weighted by Gasteiger charge is -2.23. The van der Waals surface area contributed by atoms with Gasteiger partial charge in [0.15, 0.2) is 0 Å². The second-order valence-electron chi connectivity index (χ2n) is 4.51. The number of nitrogens with zero attached hydrogens (tertiary/aromatic N) is 1. The lowest BCUT2D eigenvalue weighted by atomic mass is 10.1. The maximum absolute atomic E-state index is 12.2. The Bertz CT molecular complexity index is 428. The van der Waals surface area contributed by atoms with Gasteiger partial charge in [-0.15, -0.1) is 0 Å². The number of pyridine rings is 1. The third kappa shape index (κ3) is 2.98. The van der Waals surface area contributed by atoms with Gasteiger partial charge in [0.1, 0.15) is 0 Å². The molecule has 1 amide bonds. The van der Waals surface area contributed by atoms with Gasteiger partial charge < -0.3 is 15.4 Å². The van der Waals surface area contributed by atoms with E-state index < -0.39 is 0 Å². The van der Waals surface area contributed by atoms with Crippen LogP contribution in [0.15, 0.2) is 12.3 Å². The summed E-state index contributed by atoms with van der Waals surface area (Å²) >= 11 is 0. The van der Waals surface area contributed by atoms with Crippen LogP contribution in [0.3, 0.4) is 0 Å². The molecule has 2 heterocycles. The van der Waals surface area contributed by atoms with E-state index in [0.29, 0.717) is 12.2 Å². The predicted octanol–water partition coefficient (Wildman–Crippen LogP) is 1.34. The molecule has 2 rings (SSSR count). The van der Waals surface area contributed by atoms with E-state index in [1.165, 1.54) is 0 Å². The molecule has 2 N–H and O–H groups in total. The summed E-state index contributed by atoms with van der Waals surface area (Å²) in [5.41, 5.74) is 2.27. The van der Waals surface area contributed by atoms with Crippen molar-refractivity contribution in [1.82, 2.24) is 10.3 Å². The monoisotopic (exact) mass is 249 g/mol. The van der Waals surface area contributed by atoms with Gasteiger partial charge in [0.25, 0.3) is 5.91 Å². The average Bonchev–Trinajstić information content (AvgIpc) is 2.39. The molecular weight excluding hydrogens is 230 g/mol. The van der Waals surface area contributed by atoms with Crippen molar-refractivity contribution >= 4 is 11.6 Å². The van der Waals surface area contributed by atoms with Gasteiger partial charge in [-0.2, -0.15) is 0 Å². The number of hydrogen-bond donors (Lipinski definition) is 2. The minimum atomic E-state index is -0.0950. The van der Waals surface area contributed by atoms with Crippen molar-refractivity contribution in [2.75, 3.05) is 25.6 Å². The highest BCUT2D eigenvalue weighted by atomic mass is 16.5. The van der Waals surface area contributed by atoms with E-state index in [1.54, 1.807) is 13.2 Å². The van der Waals surface area contributed by atoms with E-state index >= 15 is 0 Å². The first-order valence-electron chi connectivity index (χ1n) is 6.23. The second-order valence-corrected chi connectivity index (χ2v) is 4.51. The molecule has 0 saturated carbocycles. The third-order valence-electron chi connectivity index (χ3n) is 3.05. The molecule has 98 valence electrons. The van der Waals surface area contributed by atoms with E-state index in [0.717, 1.165) is 30.8 Å². The molecule has 0 aromatic carbocycles. The number of ether oxygens (including phenoxy) is 1. The lowest BCUT2D eigenvalue weighted by Crippen LogP contribution is -2.40. The van der Waals surface area contributed by atoms with E-state index in [9.17, 15) is 4.79 Å². The Kier molecular flexibility index (Phi) is 4.15. The molecule has 1 atom stereocenters. The number of carbonyl (C=O) groups is 1. The Morgan fingerprint density at radius 3 is 3.06 bits per heavy atom. The van der Waals surface area contributed by atoms with Crippen LogP contribution in [0.2, 0.25) is 0 Å². The van der Waals surface area contributed by atoms with Crippen molar-refractivity contribution < 1.29 is 9.53 Å². The number of aryl methyl sites for hydroxylation is 1. The van der Waals surface area contributed by atoms with Gasteiger partial charge >= 0.3 is 0 Å². The molecule has 0 aliphatic carbocycles. The zero-order valence-corrected chi connectivity index (χ0v) is 10.8. The smallest absolute Gasteiger partial charge is 0.255 e. The van der Waals surface area contributed by atoms with Gasteiger partial charge in [-0.25, -0.2) is 0 Å². The normalized spacial score (nSPS) is 19.3. The van der Waals surface area contributed by atoms with E-state index in [4.69, 9.17) is 4.74 Å². The summed E-state index contributed by atoms with van der Waals surface area (Å²) in [5.74, 6) is -0.0950. The van der Waals surface area contributed by atoms with Crippen molar-refractivity contribution in [3.05, 3.63) is 23.5 Å². The Balaban J connectivity index is 2.08. The topological polar surface area (TPSA) is 63.2 Å². The molecule has 1 saturated heterocycles. The van der Waals surface area contributed by atoms with Crippen LogP contribution in [0.1, 0.15) is 28.9 Å². The maximum Gasteiger partial charge on any atom is 0.255 e. The Labute approximate surface area is 107 Å². The van der Waals surface area contributed by atoms with E-state index in [-0.39, 0.29) is 11.9 Å². The minimum absolute atomic E-state index is 0.0950. The van der Waals surface area contributed by atoms with Gasteiger partial charge in [0, 0.05) is 25.5 Å². The Morgan fingerprint density at radius 1 is 1.56 bits per heavy atom. The van der Waals surface area contributed by atoms with Gasteiger partial charge in [-0.05, 0) is 25.8 Å². The quantitative estimate of drug-likeness (QED) is 0.848. The Hall–Kier alpha value is -1.62. The van der Waals surface area contributed by atoms with E-state index in [2.05, 4.69) is 15.6 Å². The molecule has 5 nitrogen and oxygen atoms in total. The predicted molar refractivity (Wildman–Crippen MR) is 69.8 cm³/mol. The summed E-state index contributed by atoms with van der Waals surface area (Å²) in [5, 5.41) is 6.01. The fraction of sp³-hybridized carbons (Fsp3) is 0.538. The molecule has 18 heavy (non-hydrogen) atoms. The SMILES string of the molecule is CNc1cc(C)ncc1C(=O)NC1CCCOC1. The fourth-order valence-electron chi connectivity index (χ4n) is 2.07. The first-order chi connectivity index (χ1) is 8.70. The molecular formula is C13H19N3O2. The van der Waals surface area contributed by atoms with E-state index in [1.807, 2.05) is 13.0 Å². The third-order valence-corrected chi connectivity index (χ3v) is 3.05. The molecule has 1 fully saturated rings. The van der Waals surface area contributed by atoms with Crippen LogP contribution in [0.5, 0.6) is 0 Å². The van der Waals surface area contributed by atoms with Crippen LogP contribution in [-0.2, 0) is 4.74 Å². The van der Waals surface area contributed by atoms with Crippen LogP contribution >= 0.6 is 0 Å². The highest BCUT2D eigenvalue weighted by Crippen LogP contribution is 2.16. The van der Waals surface area contributed by atoms with Gasteiger partial charge in [-0.1, -0.05) is 0 Å². The highest BCUT2D eigenvalue weighted by molar-refractivity contribution is 5.99. The first kappa shape index (κ1) is 12.8. The van der Waals surface area contributed by atoms with Crippen molar-refractivity contribution in [2.45, 2.75) is 25.8 Å². The first-order valence-corrected chi connectivity index (χ1v) is 6.23. The van der Waals surface area contributed by atoms with Gasteiger partial charge in [-0.3, -0.25) is 9.78 Å². The van der Waals surface area contributed by atoms with Crippen molar-refractivity contribution in [1.29, 1.82) is 0 Å². The van der Waals surface area contributed by atoms with Crippen LogP contribution in [0.25, 0.3) is 0 Å². The molecule has 1 aliphatic rings. The van der Waals surface area contributed by atoms with Crippen molar-refractivity contribution in [3.63, 3.8) is 0 Å². The number of rotatable bonds is 3. The van der Waals surface area contributed by atoms with Crippen LogP contribution in [0.4, 0.5) is 5.69 Å². The molecule has 1 aliphatic heterocycles. The fourth-order valence-corrected chi connectivity index (χ4v) is 2.07. The second kappa shape index (κ2) is 5.82. The summed E-state index contributed by atoms with van der Waals surface area (Å²) in [6.45, 7) is 3.29. The standard InChI is InChI=1S/C13H19N3O2/c1-9-6-12(14-2)11(7-15-9)13(17)16-10-4-3-5-18-8-10/h6-7,10H,3-5,8H2,1-2H3,(H,14,15)(H,16,17). The lowest BCUT2D eigenvalue weighted by molar-refractivity contribution is 0.0624. The molecule has 1 unspecified atom stereocenters. The number of hydrogen-bond acceptors (Lipinski definition) is 4. The summed E-state index contributed by atoms with van der Waals surface area (Å²) < 4.78 is 5.35. The maximum atomic E-state index is 12.2. The zero-order valence-electron chi connectivity index (χ0n) is 10.8. The number of anilines is 1. The van der Waals surface area contributed by atoms with Crippen molar-refractivity contribution in [2.24, 2.45) is 0 Å². The van der Waals surface area contributed by atoms with Crippen LogP contribution in [-0.4, -0.2) is 37.2 Å². The summed E-state index contributed by atoms with van der Waals surface area (Å²) in [6, 6.07) is 1.98. The molecule has 0 radical (unpaired) electrons. The Morgan fingerprint density at radius 2 is 2.39 bits per heavy atom. The highest BCUT2D eigenvalue weighted by Gasteiger charge is 2.19. The average molecular weight is 249 g/mol. The largest absolute Gasteiger partial charge is 0.387 e. The number of nitrogens with one attached hydrogen (secondary N) is 2. The number of amides is 1. The molecule has 0 bridgehead atoms. The molecule has 0 spiro atoms. The summed E-state index contributed by atoms with van der Waals surface area (Å²) in [7, 11) is 1.80. The number of carbonyl (C=O) groups excluding carboxylic acids is 1. The van der Waals surface area contributed by atoms with Crippen LogP contribution in [0, 0.1) is 6.92 Å². The molecule has 1 aromatic rings. The minimum Gasteiger partial charge on any atom is -0.387 e. The van der Waals surface area contributed by atoms with Gasteiger partial charge in [0.05, 0.1) is 23.9 Å². The summed E-state index contributed by atoms with van der Waals surface area (Å²) in [6.07, 6.45) is 3.58. The zero-order chi connectivity index (χ0) is 13.0. The van der Waals surface area contributed by atoms with Gasteiger partial charge in [0.2, 0.25) is 0 Å². The van der Waals surface area contributed by atoms with Crippen LogP contribution < -0.4 is 10.6 Å². The summed E-state index contributed by atoms with van der Waals surface area (Å²) in [4.78, 5) is 16.3. The van der Waals surface area contributed by atoms with Crippen molar-refractivity contribution in [3.8, 4) is 0 Å². The number of aromatic nitrogens is 1. The molecule has 1 aromatic heterocycles.